The summed E-state index contributed by atoms with van der Waals surface area (Å²) in [6, 6.07) is 0. The van der Waals surface area contributed by atoms with E-state index in [1.54, 1.807) is 5.57 Å². The van der Waals surface area contributed by atoms with Crippen molar-refractivity contribution in [2.45, 2.75) is 117 Å². The molecule has 3 fully saturated rings. The molecule has 0 spiro atoms. The SMILES string of the molecule is CC[C@@H](CCC(C)(C)O)[C@H](C)[C@H]1CC[C@H]2C3=CC=C4C[C@@H](O)C[C@H](O)[C@]4(C)C3CC[C@]12C. The molecule has 0 aromatic heterocycles. The fourth-order valence-electron chi connectivity index (χ4n) is 8.66. The maximum atomic E-state index is 11.1. The molecule has 32 heavy (non-hydrogen) atoms. The van der Waals surface area contributed by atoms with Crippen LogP contribution in [0.4, 0.5) is 0 Å². The molecule has 9 atom stereocenters. The van der Waals surface area contributed by atoms with Gasteiger partial charge >= 0.3 is 0 Å². The van der Waals surface area contributed by atoms with Crippen LogP contribution in [0, 0.1) is 40.4 Å². The second kappa shape index (κ2) is 8.54. The van der Waals surface area contributed by atoms with Gasteiger partial charge in [0.2, 0.25) is 0 Å². The molecule has 0 heterocycles. The summed E-state index contributed by atoms with van der Waals surface area (Å²) in [6.45, 7) is 13.5. The predicted octanol–water partition coefficient (Wildman–Crippen LogP) is 6.03. The fraction of sp³-hybridized carbons (Fsp3) is 0.862. The number of aliphatic hydroxyl groups excluding tert-OH is 2. The molecule has 0 aromatic rings. The van der Waals surface area contributed by atoms with E-state index in [9.17, 15) is 15.3 Å². The monoisotopic (exact) mass is 444 g/mol. The quantitative estimate of drug-likeness (QED) is 0.469. The summed E-state index contributed by atoms with van der Waals surface area (Å²) in [5, 5.41) is 31.6. The molecule has 182 valence electrons. The number of aliphatic hydroxyl groups is 3. The largest absolute Gasteiger partial charge is 0.393 e. The minimum absolute atomic E-state index is 0.201. The Morgan fingerprint density at radius 3 is 2.47 bits per heavy atom. The lowest BCUT2D eigenvalue weighted by molar-refractivity contribution is -0.0557. The molecule has 0 saturated heterocycles. The van der Waals surface area contributed by atoms with Gasteiger partial charge in [-0.1, -0.05) is 57.4 Å². The molecule has 4 aliphatic rings. The van der Waals surface area contributed by atoms with Gasteiger partial charge in [0.05, 0.1) is 17.8 Å². The summed E-state index contributed by atoms with van der Waals surface area (Å²) in [6.07, 6.45) is 13.2. The van der Waals surface area contributed by atoms with Gasteiger partial charge in [-0.3, -0.25) is 0 Å². The van der Waals surface area contributed by atoms with Crippen molar-refractivity contribution < 1.29 is 15.3 Å². The Morgan fingerprint density at radius 2 is 1.81 bits per heavy atom. The molecule has 3 N–H and O–H groups in total. The molecule has 3 saturated carbocycles. The van der Waals surface area contributed by atoms with Gasteiger partial charge in [-0.15, -0.1) is 0 Å². The van der Waals surface area contributed by atoms with E-state index in [0.717, 1.165) is 31.6 Å². The summed E-state index contributed by atoms with van der Waals surface area (Å²) >= 11 is 0. The molecule has 0 aromatic carbocycles. The number of hydrogen-bond acceptors (Lipinski definition) is 3. The third-order valence-corrected chi connectivity index (χ3v) is 10.8. The normalized spacial score (nSPS) is 43.5. The van der Waals surface area contributed by atoms with E-state index in [-0.39, 0.29) is 5.41 Å². The first-order chi connectivity index (χ1) is 14.9. The highest BCUT2D eigenvalue weighted by Crippen LogP contribution is 2.66. The van der Waals surface area contributed by atoms with Crippen LogP contribution in [-0.4, -0.2) is 33.1 Å². The van der Waals surface area contributed by atoms with Crippen LogP contribution in [0.5, 0.6) is 0 Å². The highest BCUT2D eigenvalue weighted by molar-refractivity contribution is 5.40. The van der Waals surface area contributed by atoms with Crippen LogP contribution < -0.4 is 0 Å². The minimum atomic E-state index is -0.575. The summed E-state index contributed by atoms with van der Waals surface area (Å²) in [7, 11) is 0. The Bertz CT molecular complexity index is 761. The van der Waals surface area contributed by atoms with Crippen molar-refractivity contribution in [1.82, 2.24) is 0 Å². The Morgan fingerprint density at radius 1 is 1.09 bits per heavy atom. The van der Waals surface area contributed by atoms with Crippen molar-refractivity contribution in [3.63, 3.8) is 0 Å². The molecular formula is C29H48O3. The Balaban J connectivity index is 1.57. The van der Waals surface area contributed by atoms with E-state index >= 15 is 0 Å². The lowest BCUT2D eigenvalue weighted by Crippen LogP contribution is -2.52. The molecule has 3 nitrogen and oxygen atoms in total. The fourth-order valence-corrected chi connectivity index (χ4v) is 8.66. The summed E-state index contributed by atoms with van der Waals surface area (Å²) in [5.41, 5.74) is 2.42. The van der Waals surface area contributed by atoms with E-state index in [1.807, 2.05) is 13.8 Å². The zero-order chi connectivity index (χ0) is 23.5. The smallest absolute Gasteiger partial charge is 0.0661 e. The average molecular weight is 445 g/mol. The highest BCUT2D eigenvalue weighted by Gasteiger charge is 2.59. The molecule has 4 rings (SSSR count). The van der Waals surface area contributed by atoms with Crippen molar-refractivity contribution in [2.75, 3.05) is 0 Å². The lowest BCUT2D eigenvalue weighted by Gasteiger charge is -2.56. The van der Waals surface area contributed by atoms with Crippen LogP contribution in [0.15, 0.2) is 23.3 Å². The van der Waals surface area contributed by atoms with E-state index in [0.29, 0.717) is 35.5 Å². The van der Waals surface area contributed by atoms with E-state index < -0.39 is 17.8 Å². The third-order valence-electron chi connectivity index (χ3n) is 10.8. The van der Waals surface area contributed by atoms with E-state index in [4.69, 9.17) is 0 Å². The number of hydrogen-bond donors (Lipinski definition) is 3. The van der Waals surface area contributed by atoms with Crippen molar-refractivity contribution in [3.05, 3.63) is 23.3 Å². The first-order valence-corrected chi connectivity index (χ1v) is 13.4. The average Bonchev–Trinajstić information content (AvgIpc) is 3.06. The van der Waals surface area contributed by atoms with Gasteiger partial charge in [0.1, 0.15) is 0 Å². The molecule has 4 aliphatic carbocycles. The minimum Gasteiger partial charge on any atom is -0.393 e. The van der Waals surface area contributed by atoms with Crippen molar-refractivity contribution in [1.29, 1.82) is 0 Å². The van der Waals surface area contributed by atoms with Crippen molar-refractivity contribution in [3.8, 4) is 0 Å². The Kier molecular flexibility index (Phi) is 6.53. The van der Waals surface area contributed by atoms with Crippen LogP contribution >= 0.6 is 0 Å². The molecule has 1 unspecified atom stereocenters. The molecule has 0 aliphatic heterocycles. The summed E-state index contributed by atoms with van der Waals surface area (Å²) < 4.78 is 0. The van der Waals surface area contributed by atoms with Crippen LogP contribution in [-0.2, 0) is 0 Å². The van der Waals surface area contributed by atoms with Gasteiger partial charge in [-0.05, 0) is 93.8 Å². The Hall–Kier alpha value is -0.640. The van der Waals surface area contributed by atoms with Crippen molar-refractivity contribution in [2.24, 2.45) is 40.4 Å². The lowest BCUT2D eigenvalue weighted by atomic mass is 9.49. The molecule has 0 amide bonds. The summed E-state index contributed by atoms with van der Waals surface area (Å²) in [5.74, 6) is 3.13. The van der Waals surface area contributed by atoms with E-state index in [2.05, 4.69) is 39.8 Å². The summed E-state index contributed by atoms with van der Waals surface area (Å²) in [4.78, 5) is 0. The maximum absolute atomic E-state index is 11.1. The zero-order valence-corrected chi connectivity index (χ0v) is 21.4. The van der Waals surface area contributed by atoms with Gasteiger partial charge in [-0.2, -0.15) is 0 Å². The second-order valence-corrected chi connectivity index (χ2v) is 13.0. The standard InChI is InChI=1S/C29H48O3/c1-7-19(12-14-27(3,4)32)18(2)23-10-11-24-22-9-8-20-16-21(30)17-26(31)29(20,6)25(22)13-15-28(23,24)5/h8-9,18-19,21,23-26,30-32H,7,10-17H2,1-6H3/t18-,19-,21+,23+,24-,25?,26-,28+,29-/m0/s1. The molecule has 0 bridgehead atoms. The van der Waals surface area contributed by atoms with Gasteiger partial charge < -0.3 is 15.3 Å². The topological polar surface area (TPSA) is 60.7 Å². The number of rotatable bonds is 6. The molecule has 3 heteroatoms. The van der Waals surface area contributed by atoms with Crippen molar-refractivity contribution >= 4 is 0 Å². The van der Waals surface area contributed by atoms with Gasteiger partial charge in [0.15, 0.2) is 0 Å². The first kappa shape index (κ1) is 24.5. The number of allylic oxidation sites excluding steroid dienone is 3. The van der Waals surface area contributed by atoms with E-state index in [1.165, 1.54) is 31.3 Å². The second-order valence-electron chi connectivity index (χ2n) is 13.0. The van der Waals surface area contributed by atoms with Gasteiger partial charge in [-0.25, -0.2) is 0 Å². The molecule has 0 radical (unpaired) electrons. The predicted molar refractivity (Wildman–Crippen MR) is 131 cm³/mol. The third kappa shape index (κ3) is 3.95. The zero-order valence-electron chi connectivity index (χ0n) is 21.4. The highest BCUT2D eigenvalue weighted by atomic mass is 16.3. The first-order valence-electron chi connectivity index (χ1n) is 13.4. The Labute approximate surface area is 196 Å². The molecular weight excluding hydrogens is 396 g/mol. The van der Waals surface area contributed by atoms with Gasteiger partial charge in [0.25, 0.3) is 0 Å². The number of fused-ring (bicyclic) bond motifs is 5. The van der Waals surface area contributed by atoms with Crippen LogP contribution in [0.3, 0.4) is 0 Å². The maximum Gasteiger partial charge on any atom is 0.0661 e. The van der Waals surface area contributed by atoms with Crippen LogP contribution in [0.25, 0.3) is 0 Å². The van der Waals surface area contributed by atoms with Crippen LogP contribution in [0.2, 0.25) is 0 Å². The van der Waals surface area contributed by atoms with Gasteiger partial charge in [0, 0.05) is 11.8 Å². The van der Waals surface area contributed by atoms with Crippen LogP contribution in [0.1, 0.15) is 99.3 Å².